The van der Waals surface area contributed by atoms with Gasteiger partial charge in [0.05, 0.1) is 30.8 Å². The fraction of sp³-hybridized carbons (Fsp3) is 0.316. The molecule has 1 aliphatic rings. The molecule has 0 spiro atoms. The van der Waals surface area contributed by atoms with Crippen LogP contribution in [0.25, 0.3) is 0 Å². The van der Waals surface area contributed by atoms with E-state index in [4.69, 9.17) is 14.2 Å². The summed E-state index contributed by atoms with van der Waals surface area (Å²) in [5.74, 6) is 1.78. The molecule has 1 aliphatic heterocycles. The summed E-state index contributed by atoms with van der Waals surface area (Å²) in [6.07, 6.45) is 0.734. The maximum absolute atomic E-state index is 12.7. The lowest BCUT2D eigenvalue weighted by Gasteiger charge is -2.26. The molecule has 1 amide bonds. The highest BCUT2D eigenvalue weighted by molar-refractivity contribution is 9.10. The second kappa shape index (κ2) is 7.78. The third-order valence-corrected chi connectivity index (χ3v) is 4.63. The van der Waals surface area contributed by atoms with Crippen LogP contribution < -0.4 is 19.5 Å². The van der Waals surface area contributed by atoms with Crippen molar-refractivity contribution in [2.45, 2.75) is 19.4 Å². The molecule has 0 radical (unpaired) electrons. The van der Waals surface area contributed by atoms with Crippen LogP contribution in [0.15, 0.2) is 40.9 Å². The molecular weight excluding hydrogens is 386 g/mol. The number of ether oxygens (including phenoxy) is 3. The van der Waals surface area contributed by atoms with E-state index in [1.165, 1.54) is 0 Å². The molecule has 1 N–H and O–H groups in total. The van der Waals surface area contributed by atoms with Gasteiger partial charge in [-0.3, -0.25) is 4.79 Å². The van der Waals surface area contributed by atoms with E-state index in [1.807, 2.05) is 31.2 Å². The fourth-order valence-electron chi connectivity index (χ4n) is 2.87. The standard InChI is InChI=1S/C19H20BrNO4/c1-3-24-18-14(20)10-12(11-17(18)23-2)19(22)21-15-8-9-25-16-7-5-4-6-13(15)16/h4-7,10-11,15H,3,8-9H2,1-2H3,(H,21,22)/t15-/m0/s1. The van der Waals surface area contributed by atoms with E-state index >= 15 is 0 Å². The SMILES string of the molecule is CCOc1c(Br)cc(C(=O)N[C@H]2CCOc3ccccc32)cc1OC. The highest BCUT2D eigenvalue weighted by Gasteiger charge is 2.24. The van der Waals surface area contributed by atoms with E-state index in [9.17, 15) is 4.79 Å². The van der Waals surface area contributed by atoms with E-state index in [2.05, 4.69) is 21.2 Å². The topological polar surface area (TPSA) is 56.8 Å². The molecule has 0 fully saturated rings. The highest BCUT2D eigenvalue weighted by atomic mass is 79.9. The van der Waals surface area contributed by atoms with Crippen molar-refractivity contribution in [1.82, 2.24) is 5.32 Å². The molecule has 1 heterocycles. The minimum Gasteiger partial charge on any atom is -0.493 e. The summed E-state index contributed by atoms with van der Waals surface area (Å²) >= 11 is 3.45. The Kier molecular flexibility index (Phi) is 5.48. The molecular formula is C19H20BrNO4. The number of hydrogen-bond acceptors (Lipinski definition) is 4. The van der Waals surface area contributed by atoms with Crippen LogP contribution in [0, 0.1) is 0 Å². The Morgan fingerprint density at radius 3 is 2.92 bits per heavy atom. The van der Waals surface area contributed by atoms with Crippen molar-refractivity contribution >= 4 is 21.8 Å². The lowest BCUT2D eigenvalue weighted by atomic mass is 10.00. The number of amides is 1. The summed E-state index contributed by atoms with van der Waals surface area (Å²) in [6, 6.07) is 11.1. The van der Waals surface area contributed by atoms with Crippen LogP contribution in [0.4, 0.5) is 0 Å². The van der Waals surface area contributed by atoms with E-state index in [0.29, 0.717) is 34.7 Å². The van der Waals surface area contributed by atoms with Crippen LogP contribution in [-0.2, 0) is 0 Å². The molecule has 1 atom stereocenters. The predicted octanol–water partition coefficient (Wildman–Crippen LogP) is 4.11. The summed E-state index contributed by atoms with van der Waals surface area (Å²) in [7, 11) is 1.56. The molecule has 0 saturated heterocycles. The van der Waals surface area contributed by atoms with Crippen molar-refractivity contribution in [3.63, 3.8) is 0 Å². The Morgan fingerprint density at radius 2 is 2.16 bits per heavy atom. The van der Waals surface area contributed by atoms with Crippen LogP contribution in [0.3, 0.4) is 0 Å². The van der Waals surface area contributed by atoms with Gasteiger partial charge in [0, 0.05) is 17.5 Å². The molecule has 0 unspecified atom stereocenters. The molecule has 6 heteroatoms. The van der Waals surface area contributed by atoms with Crippen molar-refractivity contribution in [3.05, 3.63) is 52.0 Å². The maximum Gasteiger partial charge on any atom is 0.251 e. The average Bonchev–Trinajstić information content (AvgIpc) is 2.63. The first-order valence-corrected chi connectivity index (χ1v) is 8.96. The number of methoxy groups -OCH3 is 1. The summed E-state index contributed by atoms with van der Waals surface area (Å²) in [6.45, 7) is 2.99. The Balaban J connectivity index is 1.84. The van der Waals surface area contributed by atoms with Gasteiger partial charge in [0.25, 0.3) is 5.91 Å². The van der Waals surface area contributed by atoms with Crippen LogP contribution >= 0.6 is 15.9 Å². The van der Waals surface area contributed by atoms with Crippen LogP contribution in [-0.4, -0.2) is 26.2 Å². The molecule has 2 aromatic rings. The van der Waals surface area contributed by atoms with Gasteiger partial charge < -0.3 is 19.5 Å². The summed E-state index contributed by atoms with van der Waals surface area (Å²) in [5.41, 5.74) is 1.51. The van der Waals surface area contributed by atoms with Gasteiger partial charge in [0.2, 0.25) is 0 Å². The first kappa shape index (κ1) is 17.6. The lowest BCUT2D eigenvalue weighted by Crippen LogP contribution is -2.32. The zero-order valence-electron chi connectivity index (χ0n) is 14.2. The number of carbonyl (C=O) groups excluding carboxylic acids is 1. The van der Waals surface area contributed by atoms with Gasteiger partial charge in [-0.2, -0.15) is 0 Å². The number of carbonyl (C=O) groups is 1. The van der Waals surface area contributed by atoms with Gasteiger partial charge in [0.1, 0.15) is 5.75 Å². The highest BCUT2D eigenvalue weighted by Crippen LogP contribution is 2.37. The van der Waals surface area contributed by atoms with Gasteiger partial charge in [-0.1, -0.05) is 18.2 Å². The Labute approximate surface area is 155 Å². The number of nitrogens with one attached hydrogen (secondary N) is 1. The van der Waals surface area contributed by atoms with Crippen molar-refractivity contribution in [3.8, 4) is 17.2 Å². The van der Waals surface area contributed by atoms with Crippen molar-refractivity contribution in [2.24, 2.45) is 0 Å². The van der Waals surface area contributed by atoms with Crippen LogP contribution in [0.5, 0.6) is 17.2 Å². The zero-order chi connectivity index (χ0) is 17.8. The summed E-state index contributed by atoms with van der Waals surface area (Å²) in [4.78, 5) is 12.7. The summed E-state index contributed by atoms with van der Waals surface area (Å²) in [5, 5.41) is 3.09. The van der Waals surface area contributed by atoms with Gasteiger partial charge in [0.15, 0.2) is 11.5 Å². The number of halogens is 1. The van der Waals surface area contributed by atoms with Crippen molar-refractivity contribution in [1.29, 1.82) is 0 Å². The van der Waals surface area contributed by atoms with Crippen molar-refractivity contribution < 1.29 is 19.0 Å². The molecule has 0 saturated carbocycles. The Morgan fingerprint density at radius 1 is 1.36 bits per heavy atom. The Bertz CT molecular complexity index is 778. The van der Waals surface area contributed by atoms with E-state index < -0.39 is 0 Å². The van der Waals surface area contributed by atoms with Gasteiger partial charge in [-0.15, -0.1) is 0 Å². The molecule has 0 bridgehead atoms. The third-order valence-electron chi connectivity index (χ3n) is 4.04. The number of rotatable bonds is 5. The van der Waals surface area contributed by atoms with Crippen molar-refractivity contribution in [2.75, 3.05) is 20.3 Å². The van der Waals surface area contributed by atoms with Gasteiger partial charge >= 0.3 is 0 Å². The predicted molar refractivity (Wildman–Crippen MR) is 98.6 cm³/mol. The first-order chi connectivity index (χ1) is 12.1. The third kappa shape index (κ3) is 3.74. The minimum atomic E-state index is -0.163. The Hall–Kier alpha value is -2.21. The molecule has 0 aromatic heterocycles. The molecule has 3 rings (SSSR count). The quantitative estimate of drug-likeness (QED) is 0.812. The largest absolute Gasteiger partial charge is 0.493 e. The average molecular weight is 406 g/mol. The number of benzene rings is 2. The monoisotopic (exact) mass is 405 g/mol. The molecule has 25 heavy (non-hydrogen) atoms. The number of hydrogen-bond donors (Lipinski definition) is 1. The second-order valence-corrected chi connectivity index (χ2v) is 6.48. The van der Waals surface area contributed by atoms with Gasteiger partial charge in [-0.25, -0.2) is 0 Å². The first-order valence-electron chi connectivity index (χ1n) is 8.17. The maximum atomic E-state index is 12.7. The minimum absolute atomic E-state index is 0.0752. The fourth-order valence-corrected chi connectivity index (χ4v) is 3.43. The number of fused-ring (bicyclic) bond motifs is 1. The van der Waals surface area contributed by atoms with E-state index in [-0.39, 0.29) is 11.9 Å². The van der Waals surface area contributed by atoms with E-state index in [0.717, 1.165) is 17.7 Å². The van der Waals surface area contributed by atoms with E-state index in [1.54, 1.807) is 19.2 Å². The molecule has 0 aliphatic carbocycles. The smallest absolute Gasteiger partial charge is 0.251 e. The normalized spacial score (nSPS) is 15.7. The summed E-state index contributed by atoms with van der Waals surface area (Å²) < 4.78 is 17.3. The molecule has 2 aromatic carbocycles. The molecule has 5 nitrogen and oxygen atoms in total. The van der Waals surface area contributed by atoms with Gasteiger partial charge in [-0.05, 0) is 41.1 Å². The molecule has 132 valence electrons. The zero-order valence-corrected chi connectivity index (χ0v) is 15.8. The second-order valence-electron chi connectivity index (χ2n) is 5.62. The van der Waals surface area contributed by atoms with Crippen LogP contribution in [0.2, 0.25) is 0 Å². The lowest BCUT2D eigenvalue weighted by molar-refractivity contribution is 0.0924. The van der Waals surface area contributed by atoms with Crippen LogP contribution in [0.1, 0.15) is 35.3 Å². The number of para-hydroxylation sites is 1.